The van der Waals surface area contributed by atoms with E-state index in [1.54, 1.807) is 51.4 Å². The highest BCUT2D eigenvalue weighted by atomic mass is 19.1. The van der Waals surface area contributed by atoms with Gasteiger partial charge in [0, 0.05) is 25.5 Å². The van der Waals surface area contributed by atoms with Gasteiger partial charge in [-0.2, -0.15) is 0 Å². The summed E-state index contributed by atoms with van der Waals surface area (Å²) in [6, 6.07) is 9.74. The van der Waals surface area contributed by atoms with Crippen molar-refractivity contribution >= 4 is 23.0 Å². The molecule has 3 N–H and O–H groups in total. The molecule has 0 radical (unpaired) electrons. The number of nitrogens with one attached hydrogen (secondary N) is 1. The lowest BCUT2D eigenvalue weighted by Crippen LogP contribution is -2.22. The molecule has 4 nitrogen and oxygen atoms in total. The molecule has 0 aliphatic heterocycles. The Hall–Kier alpha value is -2.56. The van der Waals surface area contributed by atoms with Gasteiger partial charge in [-0.25, -0.2) is 4.39 Å². The van der Waals surface area contributed by atoms with Crippen LogP contribution in [0.25, 0.3) is 0 Å². The number of nitrogens with two attached hydrogens (primary N) is 1. The second-order valence-electron chi connectivity index (χ2n) is 5.09. The molecule has 0 aliphatic carbocycles. The molecule has 21 heavy (non-hydrogen) atoms. The molecular weight excluding hydrogens is 269 g/mol. The lowest BCUT2D eigenvalue weighted by Gasteiger charge is -2.16. The zero-order valence-corrected chi connectivity index (χ0v) is 12.3. The molecule has 2 aromatic rings. The summed E-state index contributed by atoms with van der Waals surface area (Å²) >= 11 is 0. The standard InChI is InChI=1S/C16H18FN3O/c1-10-8-12(5-7-14(10)17)19-15-9-11(18)4-6-13(15)16(21)20(2)3/h4-9,19H,18H2,1-3H3. The van der Waals surface area contributed by atoms with Crippen molar-refractivity contribution in [2.45, 2.75) is 6.92 Å². The fourth-order valence-electron chi connectivity index (χ4n) is 1.97. The van der Waals surface area contributed by atoms with E-state index in [2.05, 4.69) is 5.32 Å². The van der Waals surface area contributed by atoms with Crippen LogP contribution in [0.4, 0.5) is 21.5 Å². The van der Waals surface area contributed by atoms with Crippen LogP contribution in [0.2, 0.25) is 0 Å². The second kappa shape index (κ2) is 5.83. The molecule has 0 fully saturated rings. The second-order valence-corrected chi connectivity index (χ2v) is 5.09. The summed E-state index contributed by atoms with van der Waals surface area (Å²) in [5.74, 6) is -0.394. The Morgan fingerprint density at radius 1 is 1.19 bits per heavy atom. The third-order valence-corrected chi connectivity index (χ3v) is 3.12. The zero-order valence-electron chi connectivity index (χ0n) is 12.3. The van der Waals surface area contributed by atoms with Crippen LogP contribution in [0.3, 0.4) is 0 Å². The Bertz CT molecular complexity index is 683. The molecular formula is C16H18FN3O. The molecule has 0 atom stereocenters. The quantitative estimate of drug-likeness (QED) is 0.853. The van der Waals surface area contributed by atoms with Crippen molar-refractivity contribution in [2.75, 3.05) is 25.1 Å². The minimum atomic E-state index is -0.266. The van der Waals surface area contributed by atoms with E-state index in [0.29, 0.717) is 28.2 Å². The van der Waals surface area contributed by atoms with E-state index in [0.717, 1.165) is 0 Å². The Morgan fingerprint density at radius 3 is 2.52 bits per heavy atom. The van der Waals surface area contributed by atoms with Gasteiger partial charge in [-0.05, 0) is 48.9 Å². The maximum absolute atomic E-state index is 13.3. The molecule has 0 saturated heterocycles. The van der Waals surface area contributed by atoms with E-state index in [-0.39, 0.29) is 11.7 Å². The Labute approximate surface area is 123 Å². The summed E-state index contributed by atoms with van der Waals surface area (Å²) in [5.41, 5.74) is 8.67. The van der Waals surface area contributed by atoms with Gasteiger partial charge in [-0.3, -0.25) is 4.79 Å². The van der Waals surface area contributed by atoms with E-state index in [1.165, 1.54) is 11.0 Å². The van der Waals surface area contributed by atoms with Gasteiger partial charge in [-0.15, -0.1) is 0 Å². The highest BCUT2D eigenvalue weighted by molar-refractivity contribution is 6.00. The summed E-state index contributed by atoms with van der Waals surface area (Å²) in [7, 11) is 3.37. The number of nitrogen functional groups attached to an aromatic ring is 1. The zero-order chi connectivity index (χ0) is 15.6. The maximum atomic E-state index is 13.3. The Kier molecular flexibility index (Phi) is 4.12. The first kappa shape index (κ1) is 14.8. The number of anilines is 3. The lowest BCUT2D eigenvalue weighted by atomic mass is 10.1. The van der Waals surface area contributed by atoms with Gasteiger partial charge in [0.05, 0.1) is 11.3 Å². The van der Waals surface area contributed by atoms with Crippen LogP contribution in [-0.2, 0) is 0 Å². The average Bonchev–Trinajstić information content (AvgIpc) is 2.42. The van der Waals surface area contributed by atoms with Crippen LogP contribution in [0.5, 0.6) is 0 Å². The van der Waals surface area contributed by atoms with Gasteiger partial charge in [0.2, 0.25) is 0 Å². The van der Waals surface area contributed by atoms with E-state index >= 15 is 0 Å². The smallest absolute Gasteiger partial charge is 0.255 e. The number of halogens is 1. The number of carbonyl (C=O) groups is 1. The van der Waals surface area contributed by atoms with Gasteiger partial charge in [0.15, 0.2) is 0 Å². The SMILES string of the molecule is Cc1cc(Nc2cc(N)ccc2C(=O)N(C)C)ccc1F. The molecule has 2 aromatic carbocycles. The number of nitrogens with zero attached hydrogens (tertiary/aromatic N) is 1. The van der Waals surface area contributed by atoms with Gasteiger partial charge < -0.3 is 16.0 Å². The predicted octanol–water partition coefficient (Wildman–Crippen LogP) is 3.16. The highest BCUT2D eigenvalue weighted by Crippen LogP contribution is 2.25. The average molecular weight is 287 g/mol. The van der Waals surface area contributed by atoms with E-state index in [1.807, 2.05) is 0 Å². The molecule has 0 heterocycles. The number of hydrogen-bond donors (Lipinski definition) is 2. The number of benzene rings is 2. The first-order valence-corrected chi connectivity index (χ1v) is 6.53. The third-order valence-electron chi connectivity index (χ3n) is 3.12. The molecule has 1 amide bonds. The van der Waals surface area contributed by atoms with Crippen molar-refractivity contribution in [1.82, 2.24) is 4.90 Å². The van der Waals surface area contributed by atoms with Gasteiger partial charge in [0.1, 0.15) is 5.82 Å². The fraction of sp³-hybridized carbons (Fsp3) is 0.188. The summed E-state index contributed by atoms with van der Waals surface area (Å²) < 4.78 is 13.3. The van der Waals surface area contributed by atoms with Crippen LogP contribution in [0.1, 0.15) is 15.9 Å². The molecule has 0 bridgehead atoms. The molecule has 0 aromatic heterocycles. The number of rotatable bonds is 3. The van der Waals surface area contributed by atoms with Crippen molar-refractivity contribution in [3.05, 3.63) is 53.3 Å². The maximum Gasteiger partial charge on any atom is 0.255 e. The first-order valence-electron chi connectivity index (χ1n) is 6.53. The molecule has 0 spiro atoms. The monoisotopic (exact) mass is 287 g/mol. The largest absolute Gasteiger partial charge is 0.399 e. The van der Waals surface area contributed by atoms with Crippen molar-refractivity contribution in [3.63, 3.8) is 0 Å². The number of amides is 1. The molecule has 110 valence electrons. The van der Waals surface area contributed by atoms with Crippen LogP contribution in [0, 0.1) is 12.7 Å². The fourth-order valence-corrected chi connectivity index (χ4v) is 1.97. The number of carbonyl (C=O) groups excluding carboxylic acids is 1. The van der Waals surface area contributed by atoms with E-state index in [4.69, 9.17) is 5.73 Å². The summed E-state index contributed by atoms with van der Waals surface area (Å²) in [5, 5.41) is 3.12. The number of hydrogen-bond acceptors (Lipinski definition) is 3. The molecule has 0 aliphatic rings. The Balaban J connectivity index is 2.40. The van der Waals surface area contributed by atoms with Crippen LogP contribution < -0.4 is 11.1 Å². The van der Waals surface area contributed by atoms with Gasteiger partial charge in [-0.1, -0.05) is 0 Å². The molecule has 2 rings (SSSR count). The molecule has 0 unspecified atom stereocenters. The van der Waals surface area contributed by atoms with Crippen LogP contribution >= 0.6 is 0 Å². The van der Waals surface area contributed by atoms with Crippen LogP contribution in [0.15, 0.2) is 36.4 Å². The summed E-state index contributed by atoms with van der Waals surface area (Å²) in [6.07, 6.45) is 0. The predicted molar refractivity (Wildman–Crippen MR) is 83.3 cm³/mol. The molecule has 5 heteroatoms. The normalized spacial score (nSPS) is 10.3. The van der Waals surface area contributed by atoms with Crippen molar-refractivity contribution in [1.29, 1.82) is 0 Å². The van der Waals surface area contributed by atoms with Crippen molar-refractivity contribution in [2.24, 2.45) is 0 Å². The summed E-state index contributed by atoms with van der Waals surface area (Å²) in [6.45, 7) is 1.69. The van der Waals surface area contributed by atoms with Crippen molar-refractivity contribution in [3.8, 4) is 0 Å². The first-order chi connectivity index (χ1) is 9.88. The lowest BCUT2D eigenvalue weighted by molar-refractivity contribution is 0.0828. The third kappa shape index (κ3) is 3.31. The minimum absolute atomic E-state index is 0.128. The van der Waals surface area contributed by atoms with Crippen LogP contribution in [-0.4, -0.2) is 24.9 Å². The topological polar surface area (TPSA) is 58.4 Å². The van der Waals surface area contributed by atoms with Crippen molar-refractivity contribution < 1.29 is 9.18 Å². The Morgan fingerprint density at radius 2 is 1.90 bits per heavy atom. The number of aryl methyl sites for hydroxylation is 1. The molecule has 0 saturated carbocycles. The van der Waals surface area contributed by atoms with Gasteiger partial charge in [0.25, 0.3) is 5.91 Å². The van der Waals surface area contributed by atoms with E-state index < -0.39 is 0 Å². The highest BCUT2D eigenvalue weighted by Gasteiger charge is 2.14. The van der Waals surface area contributed by atoms with E-state index in [9.17, 15) is 9.18 Å². The van der Waals surface area contributed by atoms with Gasteiger partial charge >= 0.3 is 0 Å². The summed E-state index contributed by atoms with van der Waals surface area (Å²) in [4.78, 5) is 13.7. The minimum Gasteiger partial charge on any atom is -0.399 e.